The predicted octanol–water partition coefficient (Wildman–Crippen LogP) is 13.3. The molecule has 0 fully saturated rings. The first-order valence-corrected chi connectivity index (χ1v) is 17.0. The molecule has 0 atom stereocenters. The van der Waals surface area contributed by atoms with Gasteiger partial charge in [0.2, 0.25) is 0 Å². The normalized spacial score (nSPS) is 13.3. The lowest BCUT2D eigenvalue weighted by atomic mass is 9.79. The van der Waals surface area contributed by atoms with Gasteiger partial charge in [0.1, 0.15) is 5.58 Å². The van der Waals surface area contributed by atoms with E-state index >= 15 is 0 Å². The van der Waals surface area contributed by atoms with Crippen molar-refractivity contribution in [2.75, 3.05) is 4.90 Å². The Morgan fingerprint density at radius 2 is 1.02 bits per heavy atom. The van der Waals surface area contributed by atoms with Crippen LogP contribution in [0, 0.1) is 0 Å². The number of benzene rings is 8. The van der Waals surface area contributed by atoms with Crippen LogP contribution in [0.2, 0.25) is 0 Å². The molecule has 2 heteroatoms. The first kappa shape index (κ1) is 27.9. The molecule has 0 spiro atoms. The molecule has 0 bridgehead atoms. The van der Waals surface area contributed by atoms with Gasteiger partial charge < -0.3 is 9.32 Å². The van der Waals surface area contributed by atoms with Gasteiger partial charge in [-0.05, 0) is 74.5 Å². The van der Waals surface area contributed by atoms with Gasteiger partial charge >= 0.3 is 0 Å². The van der Waals surface area contributed by atoms with E-state index in [-0.39, 0.29) is 5.41 Å². The third-order valence-corrected chi connectivity index (χ3v) is 10.6. The number of furan rings is 1. The summed E-state index contributed by atoms with van der Waals surface area (Å²) >= 11 is 0. The fourth-order valence-electron chi connectivity index (χ4n) is 8.38. The summed E-state index contributed by atoms with van der Waals surface area (Å²) in [5.74, 6) is 0. The molecule has 0 unspecified atom stereocenters. The molecule has 2 nitrogen and oxygen atoms in total. The molecule has 0 amide bonds. The van der Waals surface area contributed by atoms with E-state index in [0.717, 1.165) is 44.4 Å². The van der Waals surface area contributed by atoms with E-state index in [9.17, 15) is 0 Å². The molecule has 0 saturated carbocycles. The van der Waals surface area contributed by atoms with E-state index in [1.54, 1.807) is 0 Å². The van der Waals surface area contributed by atoms with Crippen molar-refractivity contribution in [1.29, 1.82) is 0 Å². The predicted molar refractivity (Wildman–Crippen MR) is 206 cm³/mol. The first-order valence-electron chi connectivity index (χ1n) is 17.0. The van der Waals surface area contributed by atoms with Gasteiger partial charge in [0, 0.05) is 32.6 Å². The SMILES string of the molecule is CC1(C)c2ccccc2-c2cccc(-c3ccc(N(c4cccc5ccccc45)c4cccc5c4oc4c6ccccc6ccc54)cc3)c21. The van der Waals surface area contributed by atoms with Crippen LogP contribution in [-0.4, -0.2) is 0 Å². The first-order chi connectivity index (χ1) is 24.1. The smallest absolute Gasteiger partial charge is 0.159 e. The van der Waals surface area contributed by atoms with Crippen LogP contribution in [-0.2, 0) is 5.41 Å². The summed E-state index contributed by atoms with van der Waals surface area (Å²) in [4.78, 5) is 2.37. The van der Waals surface area contributed by atoms with E-state index in [1.807, 2.05) is 0 Å². The maximum atomic E-state index is 6.89. The standard InChI is InChI=1S/C47H33NO/c1-47(2)41-21-8-7-17-37(41)38-19-10-18-35(44(38)47)32-24-27-33(28-25-32)48(42-22-9-14-30-12-3-5-15-34(30)42)43-23-11-20-39-40-29-26-31-13-4-6-16-36(31)45(40)49-46(39)43/h3-29H,1-2H3. The highest BCUT2D eigenvalue weighted by molar-refractivity contribution is 6.18. The second-order valence-corrected chi connectivity index (χ2v) is 13.7. The third kappa shape index (κ3) is 4.07. The van der Waals surface area contributed by atoms with Crippen LogP contribution in [0.3, 0.4) is 0 Å². The van der Waals surface area contributed by atoms with Crippen molar-refractivity contribution >= 4 is 60.5 Å². The van der Waals surface area contributed by atoms with Crippen molar-refractivity contribution in [1.82, 2.24) is 0 Å². The van der Waals surface area contributed by atoms with Crippen molar-refractivity contribution in [2.45, 2.75) is 19.3 Å². The number of anilines is 3. The van der Waals surface area contributed by atoms with E-state index in [0.29, 0.717) is 0 Å². The lowest BCUT2D eigenvalue weighted by molar-refractivity contribution is 0.662. The van der Waals surface area contributed by atoms with E-state index < -0.39 is 0 Å². The monoisotopic (exact) mass is 627 g/mol. The number of hydrogen-bond donors (Lipinski definition) is 0. The van der Waals surface area contributed by atoms with Crippen LogP contribution >= 0.6 is 0 Å². The highest BCUT2D eigenvalue weighted by atomic mass is 16.3. The summed E-state index contributed by atoms with van der Waals surface area (Å²) in [6.45, 7) is 4.71. The van der Waals surface area contributed by atoms with Crippen molar-refractivity contribution in [2.24, 2.45) is 0 Å². The number of rotatable bonds is 4. The Labute approximate surface area is 285 Å². The molecule has 232 valence electrons. The van der Waals surface area contributed by atoms with E-state index in [2.05, 4.69) is 183 Å². The molecule has 49 heavy (non-hydrogen) atoms. The zero-order chi connectivity index (χ0) is 32.7. The maximum Gasteiger partial charge on any atom is 0.159 e. The molecule has 9 aromatic rings. The van der Waals surface area contributed by atoms with Gasteiger partial charge in [-0.25, -0.2) is 0 Å². The average Bonchev–Trinajstić information content (AvgIpc) is 3.65. The molecule has 10 rings (SSSR count). The quantitative estimate of drug-likeness (QED) is 0.193. The van der Waals surface area contributed by atoms with Gasteiger partial charge in [0.25, 0.3) is 0 Å². The van der Waals surface area contributed by atoms with E-state index in [1.165, 1.54) is 49.5 Å². The molecule has 0 saturated heterocycles. The van der Waals surface area contributed by atoms with Gasteiger partial charge in [0.05, 0.1) is 11.4 Å². The maximum absolute atomic E-state index is 6.89. The Hall–Kier alpha value is -6.12. The van der Waals surface area contributed by atoms with Gasteiger partial charge in [-0.3, -0.25) is 0 Å². The molecule has 0 N–H and O–H groups in total. The summed E-state index contributed by atoms with van der Waals surface area (Å²) in [5.41, 5.74) is 12.9. The summed E-state index contributed by atoms with van der Waals surface area (Å²) in [6, 6.07) is 59.3. The van der Waals surface area contributed by atoms with Crippen LogP contribution in [0.25, 0.3) is 65.7 Å². The average molecular weight is 628 g/mol. The molecule has 1 aromatic heterocycles. The molecule has 0 radical (unpaired) electrons. The Morgan fingerprint density at radius 3 is 1.88 bits per heavy atom. The summed E-state index contributed by atoms with van der Waals surface area (Å²) < 4.78 is 6.89. The zero-order valence-electron chi connectivity index (χ0n) is 27.4. The van der Waals surface area contributed by atoms with Crippen molar-refractivity contribution in [3.05, 3.63) is 175 Å². The highest BCUT2D eigenvalue weighted by Crippen LogP contribution is 2.52. The summed E-state index contributed by atoms with van der Waals surface area (Å²) in [6.07, 6.45) is 0. The van der Waals surface area contributed by atoms with E-state index in [4.69, 9.17) is 4.42 Å². The van der Waals surface area contributed by atoms with Crippen molar-refractivity contribution in [3.63, 3.8) is 0 Å². The minimum Gasteiger partial charge on any atom is -0.453 e. The number of fused-ring (bicyclic) bond motifs is 9. The van der Waals surface area contributed by atoms with Gasteiger partial charge in [-0.1, -0.05) is 147 Å². The molecule has 1 aliphatic carbocycles. The fourth-order valence-corrected chi connectivity index (χ4v) is 8.38. The minimum absolute atomic E-state index is 0.0860. The Morgan fingerprint density at radius 1 is 0.429 bits per heavy atom. The molecule has 1 heterocycles. The topological polar surface area (TPSA) is 16.4 Å². The third-order valence-electron chi connectivity index (χ3n) is 10.6. The second-order valence-electron chi connectivity index (χ2n) is 13.7. The van der Waals surface area contributed by atoms with Crippen LogP contribution < -0.4 is 4.90 Å². The van der Waals surface area contributed by atoms with Crippen LogP contribution in [0.1, 0.15) is 25.0 Å². The van der Waals surface area contributed by atoms with Gasteiger partial charge in [-0.15, -0.1) is 0 Å². The fraction of sp³-hybridized carbons (Fsp3) is 0.0638. The minimum atomic E-state index is -0.0860. The van der Waals surface area contributed by atoms with Crippen molar-refractivity contribution < 1.29 is 4.42 Å². The molecule has 8 aromatic carbocycles. The van der Waals surface area contributed by atoms with Gasteiger partial charge in [0.15, 0.2) is 5.58 Å². The number of nitrogens with zero attached hydrogens (tertiary/aromatic N) is 1. The molecule has 0 aliphatic heterocycles. The number of para-hydroxylation sites is 1. The Bertz CT molecular complexity index is 2740. The van der Waals surface area contributed by atoms with Crippen LogP contribution in [0.5, 0.6) is 0 Å². The van der Waals surface area contributed by atoms with Gasteiger partial charge in [-0.2, -0.15) is 0 Å². The summed E-state index contributed by atoms with van der Waals surface area (Å²) in [7, 11) is 0. The lowest BCUT2D eigenvalue weighted by Gasteiger charge is -2.27. The zero-order valence-corrected chi connectivity index (χ0v) is 27.4. The lowest BCUT2D eigenvalue weighted by Crippen LogP contribution is -2.16. The van der Waals surface area contributed by atoms with Crippen LogP contribution in [0.4, 0.5) is 17.1 Å². The summed E-state index contributed by atoms with van der Waals surface area (Å²) in [5, 5.41) is 6.94. The molecular weight excluding hydrogens is 595 g/mol. The Balaban J connectivity index is 1.18. The number of hydrogen-bond acceptors (Lipinski definition) is 2. The molecule has 1 aliphatic rings. The highest BCUT2D eigenvalue weighted by Gasteiger charge is 2.37. The van der Waals surface area contributed by atoms with Crippen molar-refractivity contribution in [3.8, 4) is 22.3 Å². The van der Waals surface area contributed by atoms with Crippen LogP contribution in [0.15, 0.2) is 168 Å². The largest absolute Gasteiger partial charge is 0.453 e. The molecular formula is C47H33NO. The Kier molecular flexibility index (Phi) is 5.95. The second kappa shape index (κ2) is 10.4.